The molecule has 5 aromatic rings. The van der Waals surface area contributed by atoms with Crippen molar-refractivity contribution in [2.75, 3.05) is 50.2 Å². The van der Waals surface area contributed by atoms with E-state index >= 15 is 0 Å². The summed E-state index contributed by atoms with van der Waals surface area (Å²) in [5.41, 5.74) is 1.54. The third-order valence-electron chi connectivity index (χ3n) is 7.56. The Bertz CT molecular complexity index is 1900. The van der Waals surface area contributed by atoms with Crippen LogP contribution in [0, 0.1) is 0 Å². The van der Waals surface area contributed by atoms with E-state index < -0.39 is 30.2 Å². The lowest BCUT2D eigenvalue weighted by molar-refractivity contribution is -0.137. The standard InChI is InChI=1S/C34H28F3N3O5/c1-43-25-10-8-21-16-23(7-6-22(21)17-25)29-19-27(26-4-2-3-5-28(26)38-29)33(42)45-20-32(41)39-30-18-24(34(35,36)37)9-11-31(30)40-12-14-44-15-13-40/h2-11,16-19H,12-15,20H2,1H3,(H,39,41). The average molecular weight is 616 g/mol. The lowest BCUT2D eigenvalue weighted by Gasteiger charge is -2.31. The Balaban J connectivity index is 1.24. The molecular weight excluding hydrogens is 587 g/mol. The van der Waals surface area contributed by atoms with Gasteiger partial charge in [-0.05, 0) is 59.3 Å². The van der Waals surface area contributed by atoms with Gasteiger partial charge in [0.25, 0.3) is 5.91 Å². The van der Waals surface area contributed by atoms with Crippen LogP contribution in [-0.2, 0) is 20.4 Å². The molecule has 1 amide bonds. The van der Waals surface area contributed by atoms with Gasteiger partial charge < -0.3 is 24.4 Å². The molecule has 1 saturated heterocycles. The number of hydrogen-bond donors (Lipinski definition) is 1. The number of rotatable bonds is 7. The van der Waals surface area contributed by atoms with E-state index in [9.17, 15) is 22.8 Å². The second kappa shape index (κ2) is 12.4. The molecule has 0 atom stereocenters. The number of amides is 1. The van der Waals surface area contributed by atoms with E-state index in [-0.39, 0.29) is 11.3 Å². The van der Waals surface area contributed by atoms with Gasteiger partial charge in [-0.1, -0.05) is 36.4 Å². The summed E-state index contributed by atoms with van der Waals surface area (Å²) in [4.78, 5) is 32.9. The first-order valence-corrected chi connectivity index (χ1v) is 14.2. The Kier molecular flexibility index (Phi) is 8.27. The maximum absolute atomic E-state index is 13.5. The predicted molar refractivity (Wildman–Crippen MR) is 165 cm³/mol. The van der Waals surface area contributed by atoms with Crippen molar-refractivity contribution in [3.05, 3.63) is 96.1 Å². The number of halogens is 3. The average Bonchev–Trinajstić information content (AvgIpc) is 3.06. The van der Waals surface area contributed by atoms with Crippen LogP contribution in [0.4, 0.5) is 24.5 Å². The molecule has 1 aliphatic rings. The Morgan fingerprint density at radius 2 is 1.69 bits per heavy atom. The molecule has 1 N–H and O–H groups in total. The molecule has 4 aromatic carbocycles. The number of aromatic nitrogens is 1. The minimum atomic E-state index is -4.60. The van der Waals surface area contributed by atoms with E-state index in [0.717, 1.165) is 34.2 Å². The predicted octanol–water partition coefficient (Wildman–Crippen LogP) is 6.71. The van der Waals surface area contributed by atoms with Gasteiger partial charge in [-0.15, -0.1) is 0 Å². The van der Waals surface area contributed by atoms with Gasteiger partial charge in [-0.3, -0.25) is 4.79 Å². The molecule has 0 radical (unpaired) electrons. The summed E-state index contributed by atoms with van der Waals surface area (Å²) in [5.74, 6) is -0.813. The van der Waals surface area contributed by atoms with Gasteiger partial charge in [0.15, 0.2) is 6.61 Å². The third kappa shape index (κ3) is 6.53. The number of methoxy groups -OCH3 is 1. The highest BCUT2D eigenvalue weighted by molar-refractivity contribution is 6.06. The third-order valence-corrected chi connectivity index (χ3v) is 7.56. The van der Waals surface area contributed by atoms with Gasteiger partial charge in [0.05, 0.1) is 54.0 Å². The number of para-hydroxylation sites is 1. The summed E-state index contributed by atoms with van der Waals surface area (Å²) >= 11 is 0. The van der Waals surface area contributed by atoms with Crippen molar-refractivity contribution in [2.45, 2.75) is 6.18 Å². The largest absolute Gasteiger partial charge is 0.497 e. The zero-order valence-corrected chi connectivity index (χ0v) is 24.2. The number of carbonyl (C=O) groups is 2. The lowest BCUT2D eigenvalue weighted by Crippen LogP contribution is -2.37. The van der Waals surface area contributed by atoms with Crippen molar-refractivity contribution in [1.82, 2.24) is 4.98 Å². The minimum absolute atomic E-state index is 0.0293. The first kappa shape index (κ1) is 29.9. The zero-order chi connectivity index (χ0) is 31.6. The Hall–Kier alpha value is -5.16. The van der Waals surface area contributed by atoms with E-state index in [1.807, 2.05) is 41.3 Å². The number of anilines is 2. The highest BCUT2D eigenvalue weighted by Gasteiger charge is 2.32. The van der Waals surface area contributed by atoms with Crippen LogP contribution in [-0.4, -0.2) is 56.9 Å². The molecule has 0 unspecified atom stereocenters. The summed E-state index contributed by atoms with van der Waals surface area (Å²) in [6.45, 7) is 1.00. The van der Waals surface area contributed by atoms with E-state index in [0.29, 0.717) is 48.6 Å². The summed E-state index contributed by atoms with van der Waals surface area (Å²) in [6, 6.07) is 23.3. The van der Waals surface area contributed by atoms with Crippen molar-refractivity contribution in [3.63, 3.8) is 0 Å². The topological polar surface area (TPSA) is 90.0 Å². The molecule has 0 aliphatic carbocycles. The molecule has 11 heteroatoms. The molecule has 230 valence electrons. The van der Waals surface area contributed by atoms with Crippen LogP contribution in [0.5, 0.6) is 5.75 Å². The van der Waals surface area contributed by atoms with E-state index in [1.165, 1.54) is 6.07 Å². The fourth-order valence-electron chi connectivity index (χ4n) is 5.29. The van der Waals surface area contributed by atoms with Crippen LogP contribution >= 0.6 is 0 Å². The fraction of sp³-hybridized carbons (Fsp3) is 0.206. The highest BCUT2D eigenvalue weighted by atomic mass is 19.4. The highest BCUT2D eigenvalue weighted by Crippen LogP contribution is 2.36. The Morgan fingerprint density at radius 1 is 0.933 bits per heavy atom. The minimum Gasteiger partial charge on any atom is -0.497 e. The quantitative estimate of drug-likeness (QED) is 0.204. The molecule has 0 spiro atoms. The maximum Gasteiger partial charge on any atom is 0.416 e. The molecule has 6 rings (SSSR count). The number of fused-ring (bicyclic) bond motifs is 2. The molecular formula is C34H28F3N3O5. The van der Waals surface area contributed by atoms with Crippen LogP contribution in [0.1, 0.15) is 15.9 Å². The number of ether oxygens (including phenoxy) is 3. The number of morpholine rings is 1. The molecule has 0 saturated carbocycles. The number of nitrogens with zero attached hydrogens (tertiary/aromatic N) is 2. The van der Waals surface area contributed by atoms with Gasteiger partial charge in [0, 0.05) is 24.0 Å². The fourth-order valence-corrected chi connectivity index (χ4v) is 5.29. The molecule has 1 aliphatic heterocycles. The van der Waals surface area contributed by atoms with Crippen LogP contribution < -0.4 is 15.0 Å². The SMILES string of the molecule is COc1ccc2cc(-c3cc(C(=O)OCC(=O)Nc4cc(C(F)(F)F)ccc4N4CCOCC4)c4ccccc4n3)ccc2c1. The number of hydrogen-bond acceptors (Lipinski definition) is 7. The second-order valence-electron chi connectivity index (χ2n) is 10.5. The summed E-state index contributed by atoms with van der Waals surface area (Å²) in [5, 5.41) is 4.97. The van der Waals surface area contributed by atoms with Crippen molar-refractivity contribution in [3.8, 4) is 17.0 Å². The summed E-state index contributed by atoms with van der Waals surface area (Å²) in [7, 11) is 1.60. The first-order valence-electron chi connectivity index (χ1n) is 14.2. The van der Waals surface area contributed by atoms with Gasteiger partial charge in [-0.25, -0.2) is 9.78 Å². The van der Waals surface area contributed by atoms with Crippen LogP contribution in [0.25, 0.3) is 32.9 Å². The lowest BCUT2D eigenvalue weighted by atomic mass is 10.0. The van der Waals surface area contributed by atoms with Crippen molar-refractivity contribution >= 4 is 44.9 Å². The van der Waals surface area contributed by atoms with E-state index in [4.69, 9.17) is 19.2 Å². The smallest absolute Gasteiger partial charge is 0.416 e. The summed E-state index contributed by atoms with van der Waals surface area (Å²) < 4.78 is 56.5. The van der Waals surface area contributed by atoms with Crippen LogP contribution in [0.3, 0.4) is 0 Å². The van der Waals surface area contributed by atoms with Crippen molar-refractivity contribution < 1.29 is 37.0 Å². The number of carbonyl (C=O) groups excluding carboxylic acids is 2. The van der Waals surface area contributed by atoms with Crippen LogP contribution in [0.15, 0.2) is 84.9 Å². The summed E-state index contributed by atoms with van der Waals surface area (Å²) in [6.07, 6.45) is -4.60. The van der Waals surface area contributed by atoms with Gasteiger partial charge in [0.2, 0.25) is 0 Å². The molecule has 8 nitrogen and oxygen atoms in total. The molecule has 2 heterocycles. The molecule has 0 bridgehead atoms. The normalized spacial score (nSPS) is 13.6. The van der Waals surface area contributed by atoms with Crippen LogP contribution in [0.2, 0.25) is 0 Å². The van der Waals surface area contributed by atoms with Crippen molar-refractivity contribution in [1.29, 1.82) is 0 Å². The maximum atomic E-state index is 13.5. The molecule has 45 heavy (non-hydrogen) atoms. The molecule has 1 aromatic heterocycles. The number of pyridine rings is 1. The Labute approximate surface area is 256 Å². The number of nitrogens with one attached hydrogen (secondary N) is 1. The number of esters is 1. The van der Waals surface area contributed by atoms with E-state index in [1.54, 1.807) is 37.4 Å². The van der Waals surface area contributed by atoms with Crippen molar-refractivity contribution in [2.24, 2.45) is 0 Å². The second-order valence-corrected chi connectivity index (χ2v) is 10.5. The van der Waals surface area contributed by atoms with Gasteiger partial charge in [-0.2, -0.15) is 13.2 Å². The zero-order valence-electron chi connectivity index (χ0n) is 24.2. The Morgan fingerprint density at radius 3 is 2.47 bits per heavy atom. The first-order chi connectivity index (χ1) is 21.7. The monoisotopic (exact) mass is 615 g/mol. The van der Waals surface area contributed by atoms with Gasteiger partial charge >= 0.3 is 12.1 Å². The number of alkyl halides is 3. The van der Waals surface area contributed by atoms with Gasteiger partial charge in [0.1, 0.15) is 5.75 Å². The number of benzene rings is 4. The van der Waals surface area contributed by atoms with E-state index in [2.05, 4.69) is 5.32 Å². The molecule has 1 fully saturated rings.